The number of rotatable bonds is 6. The molecule has 0 aromatic carbocycles. The highest BCUT2D eigenvalue weighted by atomic mass is 16.5. The van der Waals surface area contributed by atoms with Gasteiger partial charge in [0.1, 0.15) is 0 Å². The normalized spacial score (nSPS) is 12.3. The third-order valence-electron chi connectivity index (χ3n) is 3.03. The summed E-state index contributed by atoms with van der Waals surface area (Å²) in [5.41, 5.74) is 7.00. The number of aryl methyl sites for hydroxylation is 2. The second kappa shape index (κ2) is 7.10. The number of esters is 1. The minimum atomic E-state index is -0.879. The number of nitrogens with one attached hydrogen (secondary N) is 1. The topological polar surface area (TPSA) is 99.2 Å². The predicted octanol–water partition coefficient (Wildman–Crippen LogP) is 0.882. The van der Waals surface area contributed by atoms with Gasteiger partial charge >= 0.3 is 5.97 Å². The van der Waals surface area contributed by atoms with Gasteiger partial charge in [-0.25, -0.2) is 4.79 Å². The van der Waals surface area contributed by atoms with E-state index in [0.717, 1.165) is 0 Å². The Morgan fingerprint density at radius 2 is 2.00 bits per heavy atom. The van der Waals surface area contributed by atoms with E-state index in [1.165, 1.54) is 11.6 Å². The summed E-state index contributed by atoms with van der Waals surface area (Å²) >= 11 is 0. The zero-order chi connectivity index (χ0) is 16.2. The fourth-order valence-corrected chi connectivity index (χ4v) is 1.82. The molecule has 0 bridgehead atoms. The number of carbonyl (C=O) groups excluding carboxylic acids is 2. The van der Waals surface area contributed by atoms with Crippen LogP contribution in [-0.2, 0) is 23.0 Å². The Labute approximate surface area is 124 Å². The van der Waals surface area contributed by atoms with Gasteiger partial charge in [0.15, 0.2) is 11.8 Å². The molecule has 0 aliphatic carbocycles. The summed E-state index contributed by atoms with van der Waals surface area (Å²) in [6.07, 6.45) is -0.257. The molecule has 3 N–H and O–H groups in total. The second-order valence-corrected chi connectivity index (χ2v) is 5.37. The van der Waals surface area contributed by atoms with E-state index in [2.05, 4.69) is 10.4 Å². The highest BCUT2D eigenvalue weighted by molar-refractivity contribution is 5.95. The quantitative estimate of drug-likeness (QED) is 0.759. The van der Waals surface area contributed by atoms with Gasteiger partial charge in [0, 0.05) is 13.6 Å². The van der Waals surface area contributed by atoms with Gasteiger partial charge in [-0.3, -0.25) is 9.48 Å². The SMILES string of the molecule is CCc1nn(C)c(C(=O)OC(C)C(=O)NCC(C)C)c1N. The van der Waals surface area contributed by atoms with E-state index in [1.807, 2.05) is 20.8 Å². The minimum absolute atomic E-state index is 0.176. The van der Waals surface area contributed by atoms with Crippen LogP contribution < -0.4 is 11.1 Å². The van der Waals surface area contributed by atoms with Gasteiger partial charge < -0.3 is 15.8 Å². The summed E-state index contributed by atoms with van der Waals surface area (Å²) < 4.78 is 6.54. The van der Waals surface area contributed by atoms with E-state index in [-0.39, 0.29) is 11.6 Å². The Morgan fingerprint density at radius 3 is 2.48 bits per heavy atom. The van der Waals surface area contributed by atoms with E-state index in [1.54, 1.807) is 7.05 Å². The highest BCUT2D eigenvalue weighted by Gasteiger charge is 2.24. The molecule has 0 fully saturated rings. The van der Waals surface area contributed by atoms with Gasteiger partial charge in [0.2, 0.25) is 0 Å². The van der Waals surface area contributed by atoms with Crippen LogP contribution in [0.5, 0.6) is 0 Å². The van der Waals surface area contributed by atoms with Crippen molar-refractivity contribution in [2.24, 2.45) is 13.0 Å². The van der Waals surface area contributed by atoms with Crippen molar-refractivity contribution in [2.75, 3.05) is 12.3 Å². The van der Waals surface area contributed by atoms with E-state index in [9.17, 15) is 9.59 Å². The van der Waals surface area contributed by atoms with Gasteiger partial charge in [-0.05, 0) is 19.3 Å². The first-order valence-corrected chi connectivity index (χ1v) is 7.07. The lowest BCUT2D eigenvalue weighted by Gasteiger charge is -2.14. The summed E-state index contributed by atoms with van der Waals surface area (Å²) in [5.74, 6) is -0.639. The Kier molecular flexibility index (Phi) is 5.75. The molecule has 1 aromatic heterocycles. The maximum absolute atomic E-state index is 12.1. The van der Waals surface area contributed by atoms with Crippen molar-refractivity contribution < 1.29 is 14.3 Å². The fourth-order valence-electron chi connectivity index (χ4n) is 1.82. The molecule has 1 rings (SSSR count). The van der Waals surface area contributed by atoms with Crippen molar-refractivity contribution in [1.29, 1.82) is 0 Å². The Hall–Kier alpha value is -2.05. The molecule has 118 valence electrons. The first kappa shape index (κ1) is 17.0. The number of nitrogens with zero attached hydrogens (tertiary/aromatic N) is 2. The summed E-state index contributed by atoms with van der Waals surface area (Å²) in [6.45, 7) is 7.93. The minimum Gasteiger partial charge on any atom is -0.448 e. The molecule has 1 amide bonds. The Morgan fingerprint density at radius 1 is 1.38 bits per heavy atom. The maximum atomic E-state index is 12.1. The summed E-state index contributed by atoms with van der Waals surface area (Å²) in [5, 5.41) is 6.87. The average molecular weight is 296 g/mol. The van der Waals surface area contributed by atoms with Crippen molar-refractivity contribution in [2.45, 2.75) is 40.2 Å². The second-order valence-electron chi connectivity index (χ2n) is 5.37. The number of hydrogen-bond donors (Lipinski definition) is 2. The number of amides is 1. The number of anilines is 1. The lowest BCUT2D eigenvalue weighted by molar-refractivity contribution is -0.129. The maximum Gasteiger partial charge on any atom is 0.359 e. The van der Waals surface area contributed by atoms with Crippen LogP contribution in [0.2, 0.25) is 0 Å². The van der Waals surface area contributed by atoms with Crippen LogP contribution in [0.3, 0.4) is 0 Å². The lowest BCUT2D eigenvalue weighted by Crippen LogP contribution is -2.38. The molecule has 0 spiro atoms. The smallest absolute Gasteiger partial charge is 0.359 e. The van der Waals surface area contributed by atoms with E-state index in [4.69, 9.17) is 10.5 Å². The van der Waals surface area contributed by atoms with Crippen molar-refractivity contribution in [3.05, 3.63) is 11.4 Å². The molecule has 0 saturated heterocycles. The molecule has 1 heterocycles. The van der Waals surface area contributed by atoms with E-state index >= 15 is 0 Å². The molecular weight excluding hydrogens is 272 g/mol. The highest BCUT2D eigenvalue weighted by Crippen LogP contribution is 2.18. The molecular formula is C14H24N4O3. The fraction of sp³-hybridized carbons (Fsp3) is 0.643. The van der Waals surface area contributed by atoms with Gasteiger partial charge in [0.05, 0.1) is 11.4 Å². The first-order chi connectivity index (χ1) is 9.77. The van der Waals surface area contributed by atoms with Crippen molar-refractivity contribution >= 4 is 17.6 Å². The average Bonchev–Trinajstić information content (AvgIpc) is 2.70. The molecule has 7 heteroatoms. The van der Waals surface area contributed by atoms with E-state index < -0.39 is 12.1 Å². The van der Waals surface area contributed by atoms with Crippen LogP contribution in [0, 0.1) is 5.92 Å². The number of carbonyl (C=O) groups is 2. The summed E-state index contributed by atoms with van der Waals surface area (Å²) in [6, 6.07) is 0. The molecule has 7 nitrogen and oxygen atoms in total. The van der Waals surface area contributed by atoms with Crippen molar-refractivity contribution in [3.63, 3.8) is 0 Å². The predicted molar refractivity (Wildman–Crippen MR) is 79.7 cm³/mol. The molecule has 0 aliphatic heterocycles. The monoisotopic (exact) mass is 296 g/mol. The van der Waals surface area contributed by atoms with Crippen LogP contribution >= 0.6 is 0 Å². The molecule has 0 saturated carbocycles. The Bertz CT molecular complexity index is 523. The van der Waals surface area contributed by atoms with Crippen LogP contribution in [0.1, 0.15) is 43.9 Å². The molecule has 1 unspecified atom stereocenters. The third-order valence-corrected chi connectivity index (χ3v) is 3.03. The number of nitrogen functional groups attached to an aromatic ring is 1. The van der Waals surface area contributed by atoms with Gasteiger partial charge in [-0.1, -0.05) is 20.8 Å². The standard InChI is InChI=1S/C14H24N4O3/c1-6-10-11(15)12(18(5)17-10)14(20)21-9(4)13(19)16-7-8(2)3/h8-9H,6-7,15H2,1-5H3,(H,16,19). The van der Waals surface area contributed by atoms with Crippen molar-refractivity contribution in [1.82, 2.24) is 15.1 Å². The molecule has 0 radical (unpaired) electrons. The van der Waals surface area contributed by atoms with Crippen LogP contribution in [0.15, 0.2) is 0 Å². The van der Waals surface area contributed by atoms with Crippen LogP contribution in [0.4, 0.5) is 5.69 Å². The van der Waals surface area contributed by atoms with E-state index in [0.29, 0.717) is 30.3 Å². The van der Waals surface area contributed by atoms with Crippen LogP contribution in [0.25, 0.3) is 0 Å². The first-order valence-electron chi connectivity index (χ1n) is 7.07. The van der Waals surface area contributed by atoms with Gasteiger partial charge in [-0.2, -0.15) is 5.10 Å². The summed E-state index contributed by atoms with van der Waals surface area (Å²) in [7, 11) is 1.62. The van der Waals surface area contributed by atoms with Gasteiger partial charge in [0.25, 0.3) is 5.91 Å². The zero-order valence-electron chi connectivity index (χ0n) is 13.3. The molecule has 21 heavy (non-hydrogen) atoms. The number of aromatic nitrogens is 2. The molecule has 0 aliphatic rings. The third kappa shape index (κ3) is 4.21. The number of nitrogens with two attached hydrogens (primary N) is 1. The molecule has 1 atom stereocenters. The van der Waals surface area contributed by atoms with Crippen molar-refractivity contribution in [3.8, 4) is 0 Å². The lowest BCUT2D eigenvalue weighted by atomic mass is 10.2. The number of ether oxygens (including phenoxy) is 1. The molecule has 1 aromatic rings. The van der Waals surface area contributed by atoms with Crippen LogP contribution in [-0.4, -0.2) is 34.3 Å². The largest absolute Gasteiger partial charge is 0.448 e. The summed E-state index contributed by atoms with van der Waals surface area (Å²) in [4.78, 5) is 23.9. The van der Waals surface area contributed by atoms with Gasteiger partial charge in [-0.15, -0.1) is 0 Å². The zero-order valence-corrected chi connectivity index (χ0v) is 13.3. The Balaban J connectivity index is 2.73. The number of hydrogen-bond acceptors (Lipinski definition) is 5.